The van der Waals surface area contributed by atoms with Gasteiger partial charge in [0.25, 0.3) is 0 Å². The number of nitrogens with one attached hydrogen (secondary N) is 2. The Labute approximate surface area is 247 Å². The zero-order chi connectivity index (χ0) is 29.5. The average molecular weight is 576 g/mol. The predicted molar refractivity (Wildman–Crippen MR) is 159 cm³/mol. The van der Waals surface area contributed by atoms with Gasteiger partial charge in [0.2, 0.25) is 0 Å². The highest BCUT2D eigenvalue weighted by molar-refractivity contribution is 5.73. The van der Waals surface area contributed by atoms with Gasteiger partial charge in [0.1, 0.15) is 0 Å². The number of carbonyl (C=O) groups is 1. The molecule has 42 heavy (non-hydrogen) atoms. The summed E-state index contributed by atoms with van der Waals surface area (Å²) in [5.41, 5.74) is 6.39. The fourth-order valence-corrected chi connectivity index (χ4v) is 5.62. The Hall–Kier alpha value is -3.63. The molecule has 0 unspecified atom stereocenters. The Morgan fingerprint density at radius 2 is 1.60 bits per heavy atom. The number of urea groups is 1. The van der Waals surface area contributed by atoms with Crippen LogP contribution in [-0.4, -0.2) is 56.0 Å². The van der Waals surface area contributed by atoms with Crippen molar-refractivity contribution in [3.8, 4) is 11.5 Å². The van der Waals surface area contributed by atoms with Crippen LogP contribution < -0.4 is 20.1 Å². The number of fused-ring (bicyclic) bond motifs is 1. The molecule has 3 N–H and O–H groups in total. The molecular weight excluding hydrogens is 534 g/mol. The zero-order valence-electron chi connectivity index (χ0n) is 24.6. The van der Waals surface area contributed by atoms with Gasteiger partial charge in [-0.15, -0.1) is 0 Å². The fraction of sp³-hybridized carbons (Fsp3) is 0.424. The van der Waals surface area contributed by atoms with E-state index in [1.807, 2.05) is 55.5 Å². The molecule has 2 heterocycles. The fourth-order valence-electron chi connectivity index (χ4n) is 5.62. The Bertz CT molecular complexity index is 1330. The van der Waals surface area contributed by atoms with Crippen LogP contribution in [0, 0.1) is 0 Å². The monoisotopic (exact) mass is 575 g/mol. The van der Waals surface area contributed by atoms with Gasteiger partial charge in [-0.3, -0.25) is 4.90 Å². The molecule has 3 aromatic rings. The van der Waals surface area contributed by atoms with Gasteiger partial charge < -0.3 is 34.7 Å². The Morgan fingerprint density at radius 1 is 0.929 bits per heavy atom. The van der Waals surface area contributed by atoms with E-state index in [2.05, 4.69) is 27.7 Å². The van der Waals surface area contributed by atoms with Crippen LogP contribution in [0.2, 0.25) is 0 Å². The number of nitrogens with zero attached hydrogens (tertiary/aromatic N) is 1. The van der Waals surface area contributed by atoms with E-state index in [1.54, 1.807) is 14.2 Å². The Kier molecular flexibility index (Phi) is 9.97. The molecule has 1 saturated heterocycles. The molecule has 1 fully saturated rings. The Morgan fingerprint density at radius 3 is 2.26 bits per heavy atom. The molecule has 0 bridgehead atoms. The van der Waals surface area contributed by atoms with Gasteiger partial charge in [-0.25, -0.2) is 4.79 Å². The van der Waals surface area contributed by atoms with E-state index in [4.69, 9.17) is 18.9 Å². The van der Waals surface area contributed by atoms with Crippen LogP contribution in [0.3, 0.4) is 0 Å². The lowest BCUT2D eigenvalue weighted by molar-refractivity contribution is -0.253. The van der Waals surface area contributed by atoms with Gasteiger partial charge in [-0.2, -0.15) is 0 Å². The van der Waals surface area contributed by atoms with Crippen molar-refractivity contribution in [1.82, 2.24) is 15.5 Å². The van der Waals surface area contributed by atoms with Crippen molar-refractivity contribution in [2.24, 2.45) is 0 Å². The summed E-state index contributed by atoms with van der Waals surface area (Å²) >= 11 is 0. The molecule has 0 saturated carbocycles. The van der Waals surface area contributed by atoms with Crippen LogP contribution in [0.4, 0.5) is 4.79 Å². The SMILES string of the molecule is CCNC(=O)NCc1ccc([C@@H]2O[C@H](CN3CCc4cc(OC)c(OC)cc4C3)C[C@H](c3ccc(CO)cc3)O2)cc1. The van der Waals surface area contributed by atoms with Gasteiger partial charge >= 0.3 is 6.03 Å². The number of hydrogen-bond donors (Lipinski definition) is 3. The summed E-state index contributed by atoms with van der Waals surface area (Å²) in [7, 11) is 3.34. The van der Waals surface area contributed by atoms with E-state index in [1.165, 1.54) is 11.1 Å². The van der Waals surface area contributed by atoms with Crippen LogP contribution in [0.15, 0.2) is 60.7 Å². The predicted octanol–water partition coefficient (Wildman–Crippen LogP) is 4.62. The topological polar surface area (TPSA) is 102 Å². The number of aliphatic hydroxyl groups excluding tert-OH is 1. The quantitative estimate of drug-likeness (QED) is 0.324. The second-order valence-electron chi connectivity index (χ2n) is 10.8. The standard InChI is InChI=1S/C33H41N3O6/c1-4-34-33(38)35-18-22-5-11-25(12-6-22)32-41-28(17-29(42-32)24-9-7-23(21-37)8-10-24)20-36-14-13-26-15-30(39-2)31(40-3)16-27(26)19-36/h5-12,15-16,28-29,32,37H,4,13-14,17-21H2,1-3H3,(H2,34,35,38)/t28-,29+,32+/m0/s1. The zero-order valence-corrected chi connectivity index (χ0v) is 24.6. The average Bonchev–Trinajstić information content (AvgIpc) is 3.03. The van der Waals surface area contributed by atoms with Gasteiger partial charge in [-0.05, 0) is 53.3 Å². The van der Waals surface area contributed by atoms with Crippen molar-refractivity contribution >= 4 is 6.03 Å². The summed E-state index contributed by atoms with van der Waals surface area (Å²) in [4.78, 5) is 14.2. The number of benzene rings is 3. The lowest BCUT2D eigenvalue weighted by atomic mass is 9.97. The molecule has 2 amide bonds. The third-order valence-corrected chi connectivity index (χ3v) is 7.92. The first kappa shape index (κ1) is 29.8. The molecule has 3 atom stereocenters. The van der Waals surface area contributed by atoms with Crippen LogP contribution in [0.1, 0.15) is 59.1 Å². The molecule has 9 heteroatoms. The minimum absolute atomic E-state index is 0.00850. The Balaban J connectivity index is 1.31. The summed E-state index contributed by atoms with van der Waals surface area (Å²) in [6.07, 6.45) is 0.922. The van der Waals surface area contributed by atoms with Gasteiger partial charge in [0.05, 0.1) is 33.0 Å². The van der Waals surface area contributed by atoms with Crippen molar-refractivity contribution in [2.45, 2.75) is 58.0 Å². The summed E-state index contributed by atoms with van der Waals surface area (Å²) < 4.78 is 24.2. The van der Waals surface area contributed by atoms with E-state index in [0.717, 1.165) is 66.2 Å². The minimum atomic E-state index is -0.530. The molecule has 224 valence electrons. The third kappa shape index (κ3) is 7.22. The highest BCUT2D eigenvalue weighted by Crippen LogP contribution is 2.39. The number of aliphatic hydroxyl groups is 1. The number of ether oxygens (including phenoxy) is 4. The maximum atomic E-state index is 11.8. The number of carbonyl (C=O) groups excluding carboxylic acids is 1. The molecular formula is C33H41N3O6. The van der Waals surface area contributed by atoms with E-state index < -0.39 is 6.29 Å². The highest BCUT2D eigenvalue weighted by Gasteiger charge is 2.34. The largest absolute Gasteiger partial charge is 0.493 e. The molecule has 0 radical (unpaired) electrons. The second-order valence-corrected chi connectivity index (χ2v) is 10.8. The molecule has 9 nitrogen and oxygen atoms in total. The van der Waals surface area contributed by atoms with Crippen molar-refractivity contribution in [1.29, 1.82) is 0 Å². The minimum Gasteiger partial charge on any atom is -0.493 e. The molecule has 0 aromatic heterocycles. The number of hydrogen-bond acceptors (Lipinski definition) is 7. The van der Waals surface area contributed by atoms with Gasteiger partial charge in [0.15, 0.2) is 17.8 Å². The highest BCUT2D eigenvalue weighted by atomic mass is 16.7. The van der Waals surface area contributed by atoms with Crippen molar-refractivity contribution in [3.63, 3.8) is 0 Å². The maximum Gasteiger partial charge on any atom is 0.315 e. The first-order valence-corrected chi connectivity index (χ1v) is 14.6. The van der Waals surface area contributed by atoms with E-state index >= 15 is 0 Å². The molecule has 3 aromatic carbocycles. The molecule has 2 aliphatic heterocycles. The van der Waals surface area contributed by atoms with E-state index in [9.17, 15) is 9.90 Å². The lowest BCUT2D eigenvalue weighted by Crippen LogP contribution is -2.41. The van der Waals surface area contributed by atoms with Crippen molar-refractivity contribution in [2.75, 3.05) is 33.9 Å². The number of rotatable bonds is 10. The van der Waals surface area contributed by atoms with Gasteiger partial charge in [-0.1, -0.05) is 48.5 Å². The summed E-state index contributed by atoms with van der Waals surface area (Å²) in [5.74, 6) is 1.51. The van der Waals surface area contributed by atoms with Crippen molar-refractivity contribution in [3.05, 3.63) is 94.0 Å². The number of methoxy groups -OCH3 is 2. The third-order valence-electron chi connectivity index (χ3n) is 7.92. The van der Waals surface area contributed by atoms with Gasteiger partial charge in [0, 0.05) is 44.7 Å². The molecule has 0 aliphatic carbocycles. The van der Waals surface area contributed by atoms with E-state index in [0.29, 0.717) is 13.1 Å². The van der Waals surface area contributed by atoms with Crippen LogP contribution in [0.5, 0.6) is 11.5 Å². The van der Waals surface area contributed by atoms with Crippen molar-refractivity contribution < 1.29 is 28.8 Å². The van der Waals surface area contributed by atoms with Crippen LogP contribution >= 0.6 is 0 Å². The maximum absolute atomic E-state index is 11.8. The molecule has 0 spiro atoms. The van der Waals surface area contributed by atoms with Crippen LogP contribution in [-0.2, 0) is 35.6 Å². The molecule has 5 rings (SSSR count). The first-order chi connectivity index (χ1) is 20.5. The summed E-state index contributed by atoms with van der Waals surface area (Å²) in [6, 6.07) is 19.9. The lowest BCUT2D eigenvalue weighted by Gasteiger charge is -2.39. The summed E-state index contributed by atoms with van der Waals surface area (Å²) in [6.45, 7) is 5.43. The second kappa shape index (κ2) is 14.0. The smallest absolute Gasteiger partial charge is 0.315 e. The normalized spacial score (nSPS) is 20.4. The van der Waals surface area contributed by atoms with Crippen LogP contribution in [0.25, 0.3) is 0 Å². The number of amides is 2. The van der Waals surface area contributed by atoms with E-state index in [-0.39, 0.29) is 24.8 Å². The first-order valence-electron chi connectivity index (χ1n) is 14.6. The molecule has 2 aliphatic rings. The summed E-state index contributed by atoms with van der Waals surface area (Å²) in [5, 5.41) is 15.1.